The molecule has 1 aromatic heterocycles. The fourth-order valence-corrected chi connectivity index (χ4v) is 4.06. The number of carbonyl (C=O) groups excluding carboxylic acids is 1. The smallest absolute Gasteiger partial charge is 0.248 e. The predicted molar refractivity (Wildman–Crippen MR) is 126 cm³/mol. The van der Waals surface area contributed by atoms with Crippen LogP contribution < -0.4 is 15.4 Å². The molecule has 3 aromatic rings. The molecule has 8 heteroatoms. The number of aromatic nitrogens is 2. The Morgan fingerprint density at radius 1 is 1.24 bits per heavy atom. The van der Waals surface area contributed by atoms with E-state index in [1.54, 1.807) is 24.3 Å². The number of rotatable bonds is 8. The number of benzene rings is 2. The highest BCUT2D eigenvalue weighted by molar-refractivity contribution is 5.94. The molecule has 0 spiro atoms. The SMILES string of the molecule is CN(C)c1ncc(-c2cccc(C(N)=O)c2)c([C@H]2CCN(CCOc3ccc(F)cc3)C2)n1. The third-order valence-corrected chi connectivity index (χ3v) is 5.81. The molecule has 1 fully saturated rings. The fourth-order valence-electron chi connectivity index (χ4n) is 4.06. The number of hydrogen-bond acceptors (Lipinski definition) is 6. The third kappa shape index (κ3) is 5.46. The molecule has 1 atom stereocenters. The van der Waals surface area contributed by atoms with Crippen molar-refractivity contribution in [2.75, 3.05) is 45.2 Å². The van der Waals surface area contributed by atoms with Crippen LogP contribution in [0.4, 0.5) is 10.3 Å². The van der Waals surface area contributed by atoms with Gasteiger partial charge in [0.15, 0.2) is 0 Å². The Hall–Kier alpha value is -3.52. The van der Waals surface area contributed by atoms with E-state index in [9.17, 15) is 9.18 Å². The fraction of sp³-hybridized carbons (Fsp3) is 0.320. The standard InChI is InChI=1S/C25H28FN5O2/c1-30(2)25-28-15-22(17-4-3-5-18(14-17)24(27)32)23(29-25)19-10-11-31(16-19)12-13-33-21-8-6-20(26)7-9-21/h3-9,14-15,19H,10-13,16H2,1-2H3,(H2,27,32)/t19-/m0/s1. The molecule has 2 aromatic carbocycles. The van der Waals surface area contributed by atoms with Crippen molar-refractivity contribution < 1.29 is 13.9 Å². The molecular weight excluding hydrogens is 421 g/mol. The van der Waals surface area contributed by atoms with E-state index in [1.165, 1.54) is 12.1 Å². The molecule has 0 aliphatic carbocycles. The van der Waals surface area contributed by atoms with E-state index in [0.29, 0.717) is 23.9 Å². The maximum absolute atomic E-state index is 13.1. The first-order valence-electron chi connectivity index (χ1n) is 11.0. The lowest BCUT2D eigenvalue weighted by atomic mass is 9.95. The molecule has 1 aliphatic rings. The summed E-state index contributed by atoms with van der Waals surface area (Å²) in [6.07, 6.45) is 2.79. The van der Waals surface area contributed by atoms with Crippen molar-refractivity contribution in [1.82, 2.24) is 14.9 Å². The van der Waals surface area contributed by atoms with Crippen molar-refractivity contribution in [3.8, 4) is 16.9 Å². The van der Waals surface area contributed by atoms with E-state index in [-0.39, 0.29) is 11.7 Å². The molecule has 0 saturated carbocycles. The molecule has 2 heterocycles. The van der Waals surface area contributed by atoms with E-state index < -0.39 is 5.91 Å². The van der Waals surface area contributed by atoms with Crippen molar-refractivity contribution >= 4 is 11.9 Å². The molecular formula is C25H28FN5O2. The second kappa shape index (κ2) is 9.95. The highest BCUT2D eigenvalue weighted by Gasteiger charge is 2.28. The lowest BCUT2D eigenvalue weighted by Gasteiger charge is -2.20. The largest absolute Gasteiger partial charge is 0.492 e. The van der Waals surface area contributed by atoms with Gasteiger partial charge >= 0.3 is 0 Å². The quantitative estimate of drug-likeness (QED) is 0.568. The van der Waals surface area contributed by atoms with Gasteiger partial charge in [-0.25, -0.2) is 14.4 Å². The normalized spacial score (nSPS) is 16.0. The number of likely N-dealkylation sites (tertiary alicyclic amines) is 1. The Morgan fingerprint density at radius 2 is 2.03 bits per heavy atom. The zero-order valence-corrected chi connectivity index (χ0v) is 18.9. The third-order valence-electron chi connectivity index (χ3n) is 5.81. The van der Waals surface area contributed by atoms with Gasteiger partial charge in [-0.1, -0.05) is 12.1 Å². The lowest BCUT2D eigenvalue weighted by molar-refractivity contribution is 0.100. The Kier molecular flexibility index (Phi) is 6.84. The molecule has 2 N–H and O–H groups in total. The molecule has 172 valence electrons. The second-order valence-corrected chi connectivity index (χ2v) is 8.40. The number of primary amides is 1. The number of carbonyl (C=O) groups is 1. The van der Waals surface area contributed by atoms with Crippen LogP contribution >= 0.6 is 0 Å². The van der Waals surface area contributed by atoms with Gasteiger partial charge in [-0.15, -0.1) is 0 Å². The summed E-state index contributed by atoms with van der Waals surface area (Å²) in [5, 5.41) is 0. The highest BCUT2D eigenvalue weighted by Crippen LogP contribution is 2.34. The summed E-state index contributed by atoms with van der Waals surface area (Å²) in [5.74, 6) is 0.805. The minimum absolute atomic E-state index is 0.227. The number of amides is 1. The van der Waals surface area contributed by atoms with Crippen LogP contribution in [-0.4, -0.2) is 61.1 Å². The number of halogens is 1. The minimum Gasteiger partial charge on any atom is -0.492 e. The topological polar surface area (TPSA) is 84.6 Å². The van der Waals surface area contributed by atoms with Crippen LogP contribution in [-0.2, 0) is 0 Å². The van der Waals surface area contributed by atoms with E-state index >= 15 is 0 Å². The van der Waals surface area contributed by atoms with Crippen LogP contribution in [0.5, 0.6) is 5.75 Å². The van der Waals surface area contributed by atoms with Gasteiger partial charge in [0, 0.05) is 50.4 Å². The van der Waals surface area contributed by atoms with Gasteiger partial charge < -0.3 is 15.4 Å². The number of nitrogens with two attached hydrogens (primary N) is 1. The Morgan fingerprint density at radius 3 is 2.76 bits per heavy atom. The molecule has 1 saturated heterocycles. The predicted octanol–water partition coefficient (Wildman–Crippen LogP) is 3.32. The number of anilines is 1. The monoisotopic (exact) mass is 449 g/mol. The number of nitrogens with zero attached hydrogens (tertiary/aromatic N) is 4. The highest BCUT2D eigenvalue weighted by atomic mass is 19.1. The van der Waals surface area contributed by atoms with Gasteiger partial charge in [0.25, 0.3) is 0 Å². The molecule has 0 radical (unpaired) electrons. The van der Waals surface area contributed by atoms with Crippen LogP contribution in [0, 0.1) is 5.82 Å². The van der Waals surface area contributed by atoms with Gasteiger partial charge in [0.2, 0.25) is 11.9 Å². The van der Waals surface area contributed by atoms with Crippen LogP contribution in [0.2, 0.25) is 0 Å². The summed E-state index contributed by atoms with van der Waals surface area (Å²) in [6.45, 7) is 3.07. The first-order valence-corrected chi connectivity index (χ1v) is 11.0. The summed E-state index contributed by atoms with van der Waals surface area (Å²) in [5.41, 5.74) is 8.71. The molecule has 4 rings (SSSR count). The summed E-state index contributed by atoms with van der Waals surface area (Å²) >= 11 is 0. The number of hydrogen-bond donors (Lipinski definition) is 1. The van der Waals surface area contributed by atoms with Crippen LogP contribution in [0.25, 0.3) is 11.1 Å². The van der Waals surface area contributed by atoms with Crippen molar-refractivity contribution in [2.45, 2.75) is 12.3 Å². The Bertz CT molecular complexity index is 1120. The summed E-state index contributed by atoms with van der Waals surface area (Å²) in [6, 6.07) is 13.3. The summed E-state index contributed by atoms with van der Waals surface area (Å²) in [4.78, 5) is 25.3. The summed E-state index contributed by atoms with van der Waals surface area (Å²) in [7, 11) is 3.83. The lowest BCUT2D eigenvalue weighted by Crippen LogP contribution is -2.26. The van der Waals surface area contributed by atoms with E-state index in [0.717, 1.165) is 42.9 Å². The molecule has 0 unspecified atom stereocenters. The van der Waals surface area contributed by atoms with Crippen LogP contribution in [0.3, 0.4) is 0 Å². The van der Waals surface area contributed by atoms with Gasteiger partial charge in [-0.3, -0.25) is 9.69 Å². The van der Waals surface area contributed by atoms with Gasteiger partial charge in [0.1, 0.15) is 18.2 Å². The maximum Gasteiger partial charge on any atom is 0.248 e. The van der Waals surface area contributed by atoms with E-state index in [2.05, 4.69) is 9.88 Å². The second-order valence-electron chi connectivity index (χ2n) is 8.40. The molecule has 33 heavy (non-hydrogen) atoms. The number of ether oxygens (including phenoxy) is 1. The van der Waals surface area contributed by atoms with E-state index in [1.807, 2.05) is 37.3 Å². The van der Waals surface area contributed by atoms with Crippen LogP contribution in [0.1, 0.15) is 28.4 Å². The van der Waals surface area contributed by atoms with Crippen molar-refractivity contribution in [1.29, 1.82) is 0 Å². The van der Waals surface area contributed by atoms with Gasteiger partial charge in [0.05, 0.1) is 5.69 Å². The average molecular weight is 450 g/mol. The Labute approximate surface area is 193 Å². The Balaban J connectivity index is 1.50. The molecule has 7 nitrogen and oxygen atoms in total. The first-order chi connectivity index (χ1) is 15.9. The van der Waals surface area contributed by atoms with Crippen molar-refractivity contribution in [3.05, 3.63) is 71.8 Å². The van der Waals surface area contributed by atoms with Crippen LogP contribution in [0.15, 0.2) is 54.7 Å². The van der Waals surface area contributed by atoms with Crippen molar-refractivity contribution in [3.63, 3.8) is 0 Å². The zero-order valence-electron chi connectivity index (χ0n) is 18.9. The summed E-state index contributed by atoms with van der Waals surface area (Å²) < 4.78 is 18.8. The minimum atomic E-state index is -0.461. The molecule has 0 bridgehead atoms. The van der Waals surface area contributed by atoms with Gasteiger partial charge in [-0.05, 0) is 54.9 Å². The van der Waals surface area contributed by atoms with Gasteiger partial charge in [-0.2, -0.15) is 0 Å². The first kappa shape index (κ1) is 22.7. The van der Waals surface area contributed by atoms with Crippen molar-refractivity contribution in [2.24, 2.45) is 5.73 Å². The van der Waals surface area contributed by atoms with E-state index in [4.69, 9.17) is 15.5 Å². The maximum atomic E-state index is 13.1. The zero-order chi connectivity index (χ0) is 23.4. The molecule has 1 aliphatic heterocycles. The molecule has 1 amide bonds. The average Bonchev–Trinajstić information content (AvgIpc) is 3.29.